The van der Waals surface area contributed by atoms with Gasteiger partial charge < -0.3 is 10.4 Å². The van der Waals surface area contributed by atoms with E-state index in [0.29, 0.717) is 17.0 Å². The molecule has 3 nitrogen and oxygen atoms in total. The number of phenols is 1. The molecule has 0 saturated heterocycles. The molecule has 1 aromatic carbocycles. The molecule has 0 heterocycles. The zero-order chi connectivity index (χ0) is 13.0. The Morgan fingerprint density at radius 2 is 2.12 bits per heavy atom. The summed E-state index contributed by atoms with van der Waals surface area (Å²) >= 11 is 2.26. The fourth-order valence-electron chi connectivity index (χ4n) is 1.47. The quantitative estimate of drug-likeness (QED) is 0.650. The van der Waals surface area contributed by atoms with Crippen molar-refractivity contribution in [3.8, 4) is 5.75 Å². The SMILES string of the molecule is Cc1cccc(C(=O)NC(CI)C(C)C)c1O. The third-order valence-electron chi connectivity index (χ3n) is 2.77. The molecule has 0 aliphatic carbocycles. The molecule has 0 fully saturated rings. The highest BCUT2D eigenvalue weighted by molar-refractivity contribution is 14.1. The number of amides is 1. The summed E-state index contributed by atoms with van der Waals surface area (Å²) < 4.78 is 0.855. The second-order valence-corrected chi connectivity index (χ2v) is 5.33. The minimum Gasteiger partial charge on any atom is -0.507 e. The molecule has 0 aliphatic heterocycles. The van der Waals surface area contributed by atoms with Crippen molar-refractivity contribution >= 4 is 28.5 Å². The summed E-state index contributed by atoms with van der Waals surface area (Å²) in [6, 6.07) is 5.33. The molecular weight excluding hydrogens is 329 g/mol. The Morgan fingerprint density at radius 3 is 2.65 bits per heavy atom. The van der Waals surface area contributed by atoms with Crippen LogP contribution in [0.2, 0.25) is 0 Å². The molecule has 0 spiro atoms. The lowest BCUT2D eigenvalue weighted by molar-refractivity contribution is 0.0929. The van der Waals surface area contributed by atoms with Crippen LogP contribution in [-0.2, 0) is 0 Å². The predicted octanol–water partition coefficient (Wildman–Crippen LogP) is 2.89. The highest BCUT2D eigenvalue weighted by Crippen LogP contribution is 2.21. The van der Waals surface area contributed by atoms with Crippen LogP contribution in [0.4, 0.5) is 0 Å². The van der Waals surface area contributed by atoms with Gasteiger partial charge in [0, 0.05) is 10.5 Å². The lowest BCUT2D eigenvalue weighted by Gasteiger charge is -2.20. The number of alkyl halides is 1. The number of carbonyl (C=O) groups excluding carboxylic acids is 1. The molecular formula is C13H18INO2. The van der Waals surface area contributed by atoms with Gasteiger partial charge in [0.15, 0.2) is 0 Å². The molecule has 1 aromatic rings. The van der Waals surface area contributed by atoms with Crippen molar-refractivity contribution in [2.24, 2.45) is 5.92 Å². The molecule has 0 radical (unpaired) electrons. The number of benzene rings is 1. The monoisotopic (exact) mass is 347 g/mol. The summed E-state index contributed by atoms with van der Waals surface area (Å²) in [5, 5.41) is 12.8. The maximum absolute atomic E-state index is 12.0. The summed E-state index contributed by atoms with van der Waals surface area (Å²) in [7, 11) is 0. The number of halogens is 1. The summed E-state index contributed by atoms with van der Waals surface area (Å²) in [6.45, 7) is 5.92. The van der Waals surface area contributed by atoms with Crippen LogP contribution in [0.15, 0.2) is 18.2 Å². The van der Waals surface area contributed by atoms with Gasteiger partial charge in [0.25, 0.3) is 5.91 Å². The summed E-state index contributed by atoms with van der Waals surface area (Å²) in [4.78, 5) is 12.0. The number of nitrogens with one attached hydrogen (secondary N) is 1. The van der Waals surface area contributed by atoms with Crippen LogP contribution < -0.4 is 5.32 Å². The van der Waals surface area contributed by atoms with Gasteiger partial charge in [0.1, 0.15) is 5.75 Å². The standard InChI is InChI=1S/C13H18INO2/c1-8(2)11(7-14)15-13(17)10-6-4-5-9(3)12(10)16/h4-6,8,11,16H,7H2,1-3H3,(H,15,17). The van der Waals surface area contributed by atoms with E-state index < -0.39 is 0 Å². The summed E-state index contributed by atoms with van der Waals surface area (Å²) in [5.74, 6) is 0.241. The van der Waals surface area contributed by atoms with Gasteiger partial charge in [0.05, 0.1) is 5.56 Å². The van der Waals surface area contributed by atoms with Gasteiger partial charge in [0.2, 0.25) is 0 Å². The van der Waals surface area contributed by atoms with Gasteiger partial charge in [-0.25, -0.2) is 0 Å². The lowest BCUT2D eigenvalue weighted by atomic mass is 10.0. The Labute approximate surface area is 116 Å². The smallest absolute Gasteiger partial charge is 0.255 e. The predicted molar refractivity (Wildman–Crippen MR) is 77.8 cm³/mol. The Hall–Kier alpha value is -0.780. The topological polar surface area (TPSA) is 49.3 Å². The van der Waals surface area contributed by atoms with Crippen LogP contribution in [0.5, 0.6) is 5.75 Å². The van der Waals surface area contributed by atoms with Crippen molar-refractivity contribution in [2.75, 3.05) is 4.43 Å². The number of rotatable bonds is 4. The van der Waals surface area contributed by atoms with Crippen LogP contribution in [0, 0.1) is 12.8 Å². The fourth-order valence-corrected chi connectivity index (χ4v) is 2.71. The van der Waals surface area contributed by atoms with Gasteiger partial charge in [-0.2, -0.15) is 0 Å². The van der Waals surface area contributed by atoms with Crippen molar-refractivity contribution in [1.82, 2.24) is 5.32 Å². The Bertz CT molecular complexity index is 404. The van der Waals surface area contributed by atoms with Gasteiger partial charge in [-0.05, 0) is 24.5 Å². The molecule has 1 unspecified atom stereocenters. The first-order valence-corrected chi connectivity index (χ1v) is 7.15. The first-order chi connectivity index (χ1) is 7.97. The van der Waals surface area contributed by atoms with Crippen LogP contribution in [0.25, 0.3) is 0 Å². The van der Waals surface area contributed by atoms with E-state index in [1.54, 1.807) is 25.1 Å². The molecule has 94 valence electrons. The van der Waals surface area contributed by atoms with E-state index in [9.17, 15) is 9.90 Å². The van der Waals surface area contributed by atoms with E-state index in [1.165, 1.54) is 0 Å². The van der Waals surface area contributed by atoms with Crippen LogP contribution in [-0.4, -0.2) is 21.5 Å². The van der Waals surface area contributed by atoms with Crippen LogP contribution >= 0.6 is 22.6 Å². The van der Waals surface area contributed by atoms with E-state index >= 15 is 0 Å². The molecule has 0 aromatic heterocycles. The zero-order valence-corrected chi connectivity index (χ0v) is 12.5. The molecule has 0 bridgehead atoms. The molecule has 2 N–H and O–H groups in total. The van der Waals surface area contributed by atoms with Gasteiger partial charge in [-0.1, -0.05) is 48.6 Å². The fraction of sp³-hybridized carbons (Fsp3) is 0.462. The first kappa shape index (κ1) is 14.3. The average molecular weight is 347 g/mol. The van der Waals surface area contributed by atoms with Crippen molar-refractivity contribution < 1.29 is 9.90 Å². The van der Waals surface area contributed by atoms with Crippen LogP contribution in [0.1, 0.15) is 29.8 Å². The summed E-state index contributed by atoms with van der Waals surface area (Å²) in [6.07, 6.45) is 0. The number of aromatic hydroxyl groups is 1. The number of phenolic OH excluding ortho intramolecular Hbond substituents is 1. The van der Waals surface area contributed by atoms with Crippen molar-refractivity contribution in [1.29, 1.82) is 0 Å². The van der Waals surface area contributed by atoms with Crippen molar-refractivity contribution in [2.45, 2.75) is 26.8 Å². The highest BCUT2D eigenvalue weighted by atomic mass is 127. The Balaban J connectivity index is 2.86. The van der Waals surface area contributed by atoms with E-state index in [2.05, 4.69) is 41.8 Å². The number of aryl methyl sites for hydroxylation is 1. The minimum absolute atomic E-state index is 0.0703. The number of hydrogen-bond donors (Lipinski definition) is 2. The summed E-state index contributed by atoms with van der Waals surface area (Å²) in [5.41, 5.74) is 1.06. The van der Waals surface area contributed by atoms with Gasteiger partial charge in [-0.15, -0.1) is 0 Å². The second-order valence-electron chi connectivity index (χ2n) is 4.45. The number of carbonyl (C=O) groups is 1. The van der Waals surface area contributed by atoms with Gasteiger partial charge >= 0.3 is 0 Å². The highest BCUT2D eigenvalue weighted by Gasteiger charge is 2.18. The molecule has 1 atom stereocenters. The first-order valence-electron chi connectivity index (χ1n) is 5.62. The van der Waals surface area contributed by atoms with E-state index in [-0.39, 0.29) is 17.7 Å². The third kappa shape index (κ3) is 3.59. The largest absolute Gasteiger partial charge is 0.507 e. The Morgan fingerprint density at radius 1 is 1.47 bits per heavy atom. The van der Waals surface area contributed by atoms with E-state index in [1.807, 2.05) is 0 Å². The molecule has 0 aliphatic rings. The molecule has 1 rings (SSSR count). The van der Waals surface area contributed by atoms with Crippen LogP contribution in [0.3, 0.4) is 0 Å². The normalized spacial score (nSPS) is 12.5. The maximum atomic E-state index is 12.0. The molecule has 4 heteroatoms. The van der Waals surface area contributed by atoms with E-state index in [4.69, 9.17) is 0 Å². The maximum Gasteiger partial charge on any atom is 0.255 e. The number of hydrogen-bond acceptors (Lipinski definition) is 2. The third-order valence-corrected chi connectivity index (χ3v) is 3.72. The minimum atomic E-state index is -0.207. The molecule has 0 saturated carbocycles. The number of para-hydroxylation sites is 1. The second kappa shape index (κ2) is 6.23. The lowest BCUT2D eigenvalue weighted by Crippen LogP contribution is -2.39. The van der Waals surface area contributed by atoms with E-state index in [0.717, 1.165) is 4.43 Å². The van der Waals surface area contributed by atoms with Crippen molar-refractivity contribution in [3.05, 3.63) is 29.3 Å². The Kier molecular flexibility index (Phi) is 5.24. The van der Waals surface area contributed by atoms with Gasteiger partial charge in [-0.3, -0.25) is 4.79 Å². The molecule has 17 heavy (non-hydrogen) atoms. The molecule has 1 amide bonds. The zero-order valence-electron chi connectivity index (χ0n) is 10.3. The van der Waals surface area contributed by atoms with Crippen molar-refractivity contribution in [3.63, 3.8) is 0 Å². The average Bonchev–Trinajstić information content (AvgIpc) is 2.28.